The second kappa shape index (κ2) is 4.32. The van der Waals surface area contributed by atoms with Crippen LogP contribution in [0.2, 0.25) is 5.02 Å². The number of hydrogen-bond acceptors (Lipinski definition) is 3. The van der Waals surface area contributed by atoms with E-state index in [1.54, 1.807) is 19.2 Å². The molecule has 0 amide bonds. The average molecular weight is 269 g/mol. The molecular weight excluding hydrogens is 252 g/mol. The largest absolute Gasteiger partial charge is 0.493 e. The highest BCUT2D eigenvalue weighted by atomic mass is 35.5. The molecule has 18 heavy (non-hydrogen) atoms. The van der Waals surface area contributed by atoms with Crippen LogP contribution in [-0.4, -0.2) is 18.3 Å². The summed E-state index contributed by atoms with van der Waals surface area (Å²) in [6, 6.07) is 3.54. The Morgan fingerprint density at radius 1 is 1.33 bits per heavy atom. The van der Waals surface area contributed by atoms with Gasteiger partial charge in [0.2, 0.25) is 0 Å². The number of hydrogen-bond donors (Lipinski definition) is 1. The number of rotatable bonds is 4. The molecule has 0 heterocycles. The summed E-state index contributed by atoms with van der Waals surface area (Å²) in [4.78, 5) is 0. The van der Waals surface area contributed by atoms with E-state index in [0.717, 1.165) is 31.2 Å². The molecular formula is C14H17ClO3. The fourth-order valence-corrected chi connectivity index (χ4v) is 2.44. The first-order chi connectivity index (χ1) is 8.62. The van der Waals surface area contributed by atoms with Crippen molar-refractivity contribution in [3.05, 3.63) is 22.7 Å². The Kier molecular flexibility index (Phi) is 2.91. The molecule has 0 spiro atoms. The maximum absolute atomic E-state index is 10.3. The van der Waals surface area contributed by atoms with Crippen LogP contribution in [-0.2, 0) is 5.60 Å². The first-order valence-electron chi connectivity index (χ1n) is 6.39. The summed E-state index contributed by atoms with van der Waals surface area (Å²) < 4.78 is 11.3. The molecule has 2 aliphatic rings. The number of aliphatic hydroxyl groups is 1. The van der Waals surface area contributed by atoms with Gasteiger partial charge in [0.15, 0.2) is 11.5 Å². The van der Waals surface area contributed by atoms with Gasteiger partial charge in [-0.05, 0) is 38.2 Å². The fraction of sp³-hybridized carbons (Fsp3) is 0.571. The lowest BCUT2D eigenvalue weighted by atomic mass is 9.95. The lowest BCUT2D eigenvalue weighted by molar-refractivity contribution is 0.101. The highest BCUT2D eigenvalue weighted by Crippen LogP contribution is 2.52. The van der Waals surface area contributed by atoms with E-state index < -0.39 is 5.60 Å². The zero-order valence-electron chi connectivity index (χ0n) is 10.4. The van der Waals surface area contributed by atoms with Crippen LogP contribution in [0.4, 0.5) is 0 Å². The molecule has 4 heteroatoms. The van der Waals surface area contributed by atoms with Crippen molar-refractivity contribution in [1.29, 1.82) is 0 Å². The molecule has 0 atom stereocenters. The molecule has 1 N–H and O–H groups in total. The van der Waals surface area contributed by atoms with Crippen molar-refractivity contribution < 1.29 is 14.6 Å². The van der Waals surface area contributed by atoms with Crippen LogP contribution in [0.25, 0.3) is 0 Å². The standard InChI is InChI=1S/C14H17ClO3/c1-17-12-8-9(15)7-11(14(16)5-6-14)13(12)18-10-3-2-4-10/h7-8,10,16H,2-6H2,1H3. The minimum atomic E-state index is -0.767. The summed E-state index contributed by atoms with van der Waals surface area (Å²) in [5.74, 6) is 1.29. The quantitative estimate of drug-likeness (QED) is 0.911. The first kappa shape index (κ1) is 12.1. The summed E-state index contributed by atoms with van der Waals surface area (Å²) in [6.07, 6.45) is 5.13. The van der Waals surface area contributed by atoms with Crippen molar-refractivity contribution in [3.8, 4) is 11.5 Å². The molecule has 0 saturated heterocycles. The molecule has 2 fully saturated rings. The molecule has 0 radical (unpaired) electrons. The Bertz CT molecular complexity index is 464. The van der Waals surface area contributed by atoms with Gasteiger partial charge in [0.25, 0.3) is 0 Å². The van der Waals surface area contributed by atoms with Crippen LogP contribution in [0.5, 0.6) is 11.5 Å². The average Bonchev–Trinajstić information content (AvgIpc) is 3.03. The zero-order valence-corrected chi connectivity index (χ0v) is 11.2. The molecule has 3 rings (SSSR count). The lowest BCUT2D eigenvalue weighted by Crippen LogP contribution is -2.26. The van der Waals surface area contributed by atoms with Gasteiger partial charge in [-0.2, -0.15) is 0 Å². The lowest BCUT2D eigenvalue weighted by Gasteiger charge is -2.29. The topological polar surface area (TPSA) is 38.7 Å². The van der Waals surface area contributed by atoms with E-state index in [4.69, 9.17) is 21.1 Å². The Morgan fingerprint density at radius 3 is 2.56 bits per heavy atom. The van der Waals surface area contributed by atoms with Crippen molar-refractivity contribution in [2.45, 2.75) is 43.8 Å². The van der Waals surface area contributed by atoms with Crippen molar-refractivity contribution in [1.82, 2.24) is 0 Å². The molecule has 98 valence electrons. The molecule has 1 aromatic rings. The van der Waals surface area contributed by atoms with Gasteiger partial charge in [0.05, 0.1) is 18.8 Å². The Morgan fingerprint density at radius 2 is 2.06 bits per heavy atom. The molecule has 0 unspecified atom stereocenters. The van der Waals surface area contributed by atoms with Gasteiger partial charge < -0.3 is 14.6 Å². The Hall–Kier alpha value is -0.930. The van der Waals surface area contributed by atoms with E-state index in [9.17, 15) is 5.11 Å². The highest BCUT2D eigenvalue weighted by Gasteiger charge is 2.45. The molecule has 2 saturated carbocycles. The highest BCUT2D eigenvalue weighted by molar-refractivity contribution is 6.30. The van der Waals surface area contributed by atoms with Gasteiger partial charge in [0.1, 0.15) is 0 Å². The molecule has 2 aliphatic carbocycles. The minimum Gasteiger partial charge on any atom is -0.493 e. The molecule has 1 aromatic carbocycles. The molecule has 0 aliphatic heterocycles. The predicted molar refractivity (Wildman–Crippen MR) is 69.4 cm³/mol. The smallest absolute Gasteiger partial charge is 0.167 e. The minimum absolute atomic E-state index is 0.251. The normalized spacial score (nSPS) is 21.3. The van der Waals surface area contributed by atoms with Crippen molar-refractivity contribution in [2.24, 2.45) is 0 Å². The fourth-order valence-electron chi connectivity index (χ4n) is 2.23. The van der Waals surface area contributed by atoms with Crippen molar-refractivity contribution in [2.75, 3.05) is 7.11 Å². The van der Waals surface area contributed by atoms with Gasteiger partial charge >= 0.3 is 0 Å². The van der Waals surface area contributed by atoms with Crippen LogP contribution in [0.15, 0.2) is 12.1 Å². The molecule has 3 nitrogen and oxygen atoms in total. The summed E-state index contributed by atoms with van der Waals surface area (Å²) in [7, 11) is 1.60. The van der Waals surface area contributed by atoms with Gasteiger partial charge in [-0.15, -0.1) is 0 Å². The third-order valence-electron chi connectivity index (χ3n) is 3.80. The SMILES string of the molecule is COc1cc(Cl)cc(C2(O)CC2)c1OC1CCC1. The maximum atomic E-state index is 10.3. The third kappa shape index (κ3) is 2.06. The number of methoxy groups -OCH3 is 1. The van der Waals surface area contributed by atoms with Crippen LogP contribution in [0, 0.1) is 0 Å². The second-order valence-electron chi connectivity index (χ2n) is 5.19. The predicted octanol–water partition coefficient (Wildman–Crippen LogP) is 3.26. The van der Waals surface area contributed by atoms with E-state index in [0.29, 0.717) is 16.5 Å². The first-order valence-corrected chi connectivity index (χ1v) is 6.77. The van der Waals surface area contributed by atoms with E-state index in [2.05, 4.69) is 0 Å². The summed E-state index contributed by atoms with van der Waals surface area (Å²) in [6.45, 7) is 0. The second-order valence-corrected chi connectivity index (χ2v) is 5.62. The van der Waals surface area contributed by atoms with E-state index in [1.807, 2.05) is 0 Å². The van der Waals surface area contributed by atoms with Crippen LogP contribution >= 0.6 is 11.6 Å². The number of benzene rings is 1. The van der Waals surface area contributed by atoms with E-state index >= 15 is 0 Å². The third-order valence-corrected chi connectivity index (χ3v) is 4.02. The summed E-state index contributed by atoms with van der Waals surface area (Å²) in [5, 5.41) is 10.9. The number of halogens is 1. The van der Waals surface area contributed by atoms with Gasteiger partial charge in [-0.1, -0.05) is 11.6 Å². The van der Waals surface area contributed by atoms with Gasteiger partial charge in [0, 0.05) is 16.7 Å². The Labute approximate surface area is 112 Å². The van der Waals surface area contributed by atoms with Gasteiger partial charge in [-0.3, -0.25) is 0 Å². The monoisotopic (exact) mass is 268 g/mol. The van der Waals surface area contributed by atoms with Crippen LogP contribution in [0.3, 0.4) is 0 Å². The van der Waals surface area contributed by atoms with E-state index in [-0.39, 0.29) is 6.10 Å². The van der Waals surface area contributed by atoms with Crippen molar-refractivity contribution >= 4 is 11.6 Å². The Balaban J connectivity index is 2.00. The maximum Gasteiger partial charge on any atom is 0.167 e. The molecule has 0 aromatic heterocycles. The van der Waals surface area contributed by atoms with E-state index in [1.165, 1.54) is 6.42 Å². The van der Waals surface area contributed by atoms with Crippen LogP contribution < -0.4 is 9.47 Å². The zero-order chi connectivity index (χ0) is 12.8. The van der Waals surface area contributed by atoms with Crippen molar-refractivity contribution in [3.63, 3.8) is 0 Å². The summed E-state index contributed by atoms with van der Waals surface area (Å²) in [5.41, 5.74) is 0.0100. The van der Waals surface area contributed by atoms with Gasteiger partial charge in [-0.25, -0.2) is 0 Å². The summed E-state index contributed by atoms with van der Waals surface area (Å²) >= 11 is 6.07. The number of ether oxygens (including phenoxy) is 2. The van der Waals surface area contributed by atoms with Crippen LogP contribution in [0.1, 0.15) is 37.7 Å². The molecule has 0 bridgehead atoms.